The molecular weight excluding hydrogens is 316 g/mol. The normalized spacial score (nSPS) is 25.2. The number of halogens is 1. The molecule has 2 aliphatic rings. The molecule has 1 atom stereocenters. The molecule has 2 heterocycles. The minimum absolute atomic E-state index is 0.0442. The predicted molar refractivity (Wildman–Crippen MR) is 85.0 cm³/mol. The number of rotatable bonds is 2. The van der Waals surface area contributed by atoms with E-state index in [1.54, 1.807) is 0 Å². The number of nitrogens with zero attached hydrogens (tertiary/aromatic N) is 1. The molecule has 2 aliphatic heterocycles. The number of benzene rings is 1. The molecule has 0 amide bonds. The Morgan fingerprint density at radius 1 is 1.40 bits per heavy atom. The monoisotopic (exact) mass is 338 g/mol. The Morgan fingerprint density at radius 3 is 2.85 bits per heavy atom. The van der Waals surface area contributed by atoms with Crippen molar-refractivity contribution in [3.8, 4) is 5.75 Å². The quantitative estimate of drug-likeness (QED) is 0.897. The second kappa shape index (κ2) is 5.66. The van der Waals surface area contributed by atoms with Gasteiger partial charge in [0.25, 0.3) is 0 Å². The summed E-state index contributed by atoms with van der Waals surface area (Å²) in [7, 11) is 0. The zero-order chi connectivity index (χ0) is 14.2. The number of ether oxygens (including phenoxy) is 1. The molecule has 0 saturated carbocycles. The first-order valence-corrected chi connectivity index (χ1v) is 8.37. The molecule has 1 spiro atoms. The van der Waals surface area contributed by atoms with Crippen LogP contribution >= 0.6 is 15.9 Å². The van der Waals surface area contributed by atoms with Crippen LogP contribution < -0.4 is 10.5 Å². The molecule has 20 heavy (non-hydrogen) atoms. The number of likely N-dealkylation sites (tertiary alicyclic amines) is 1. The van der Waals surface area contributed by atoms with Gasteiger partial charge in [0.05, 0.1) is 0 Å². The van der Waals surface area contributed by atoms with Gasteiger partial charge in [-0.3, -0.25) is 0 Å². The summed E-state index contributed by atoms with van der Waals surface area (Å²) < 4.78 is 7.46. The number of piperidine rings is 1. The molecule has 1 aromatic carbocycles. The minimum Gasteiger partial charge on any atom is -0.487 e. The lowest BCUT2D eigenvalue weighted by Gasteiger charge is -2.46. The van der Waals surface area contributed by atoms with Crippen molar-refractivity contribution in [2.45, 2.75) is 44.2 Å². The maximum Gasteiger partial charge on any atom is 0.126 e. The maximum absolute atomic E-state index is 6.40. The van der Waals surface area contributed by atoms with Crippen LogP contribution in [0.15, 0.2) is 22.7 Å². The summed E-state index contributed by atoms with van der Waals surface area (Å²) >= 11 is 3.52. The van der Waals surface area contributed by atoms with Gasteiger partial charge in [0.1, 0.15) is 11.4 Å². The fraction of sp³-hybridized carbons (Fsp3) is 0.625. The second-order valence-electron chi connectivity index (χ2n) is 6.12. The van der Waals surface area contributed by atoms with E-state index in [-0.39, 0.29) is 11.6 Å². The molecule has 1 aromatic rings. The highest BCUT2D eigenvalue weighted by Crippen LogP contribution is 2.44. The van der Waals surface area contributed by atoms with E-state index in [1.165, 1.54) is 13.0 Å². The third-order valence-corrected chi connectivity index (χ3v) is 5.09. The fourth-order valence-electron chi connectivity index (χ4n) is 3.50. The van der Waals surface area contributed by atoms with Gasteiger partial charge in [-0.2, -0.15) is 0 Å². The highest BCUT2D eigenvalue weighted by molar-refractivity contribution is 9.10. The molecule has 4 heteroatoms. The summed E-state index contributed by atoms with van der Waals surface area (Å²) in [6.45, 7) is 5.70. The van der Waals surface area contributed by atoms with E-state index < -0.39 is 0 Å². The summed E-state index contributed by atoms with van der Waals surface area (Å²) in [6, 6.07) is 6.30. The van der Waals surface area contributed by atoms with E-state index in [4.69, 9.17) is 10.5 Å². The molecule has 1 unspecified atom stereocenters. The summed E-state index contributed by atoms with van der Waals surface area (Å²) in [4.78, 5) is 2.54. The van der Waals surface area contributed by atoms with Gasteiger partial charge in [-0.05, 0) is 37.9 Å². The topological polar surface area (TPSA) is 38.5 Å². The highest BCUT2D eigenvalue weighted by Gasteiger charge is 2.42. The minimum atomic E-state index is -0.0442. The van der Waals surface area contributed by atoms with Crippen LogP contribution in [0.3, 0.4) is 0 Å². The van der Waals surface area contributed by atoms with Crippen LogP contribution in [0.5, 0.6) is 5.75 Å². The van der Waals surface area contributed by atoms with Gasteiger partial charge in [0, 0.05) is 35.6 Å². The van der Waals surface area contributed by atoms with Crippen molar-refractivity contribution in [1.82, 2.24) is 4.90 Å². The molecule has 1 saturated heterocycles. The van der Waals surface area contributed by atoms with E-state index in [0.717, 1.165) is 48.1 Å². The largest absolute Gasteiger partial charge is 0.487 e. The Balaban J connectivity index is 1.77. The second-order valence-corrected chi connectivity index (χ2v) is 7.04. The van der Waals surface area contributed by atoms with E-state index >= 15 is 0 Å². The van der Waals surface area contributed by atoms with Crippen LogP contribution in [0.2, 0.25) is 0 Å². The van der Waals surface area contributed by atoms with Crippen LogP contribution in [-0.2, 0) is 0 Å². The van der Waals surface area contributed by atoms with Gasteiger partial charge in [-0.25, -0.2) is 0 Å². The summed E-state index contributed by atoms with van der Waals surface area (Å²) in [6.07, 6.45) is 4.35. The van der Waals surface area contributed by atoms with Gasteiger partial charge in [0.15, 0.2) is 0 Å². The summed E-state index contributed by atoms with van der Waals surface area (Å²) in [5.74, 6) is 0.974. The molecule has 0 aliphatic carbocycles. The van der Waals surface area contributed by atoms with E-state index in [0.29, 0.717) is 0 Å². The van der Waals surface area contributed by atoms with Gasteiger partial charge < -0.3 is 15.4 Å². The smallest absolute Gasteiger partial charge is 0.126 e. The molecule has 2 N–H and O–H groups in total. The van der Waals surface area contributed by atoms with Crippen molar-refractivity contribution in [2.75, 3.05) is 19.6 Å². The molecule has 110 valence electrons. The lowest BCUT2D eigenvalue weighted by molar-refractivity contribution is -0.0216. The third-order valence-electron chi connectivity index (χ3n) is 4.60. The highest BCUT2D eigenvalue weighted by atomic mass is 79.9. The zero-order valence-corrected chi connectivity index (χ0v) is 13.7. The number of fused-ring (bicyclic) bond motifs is 1. The lowest BCUT2D eigenvalue weighted by Crippen LogP contribution is -2.51. The first kappa shape index (κ1) is 14.4. The SMILES string of the molecule is CCCN1CCC2(CC1)CC(N)c1ccc(Br)cc1O2. The summed E-state index contributed by atoms with van der Waals surface area (Å²) in [5, 5.41) is 0. The average Bonchev–Trinajstić information content (AvgIpc) is 2.41. The Bertz CT molecular complexity index is 483. The summed E-state index contributed by atoms with van der Waals surface area (Å²) in [5.41, 5.74) is 7.49. The van der Waals surface area contributed by atoms with Crippen molar-refractivity contribution in [3.63, 3.8) is 0 Å². The lowest BCUT2D eigenvalue weighted by atomic mass is 9.81. The fourth-order valence-corrected chi connectivity index (χ4v) is 3.84. The van der Waals surface area contributed by atoms with Crippen LogP contribution in [0.1, 0.15) is 44.2 Å². The van der Waals surface area contributed by atoms with Crippen molar-refractivity contribution in [2.24, 2.45) is 5.73 Å². The average molecular weight is 339 g/mol. The van der Waals surface area contributed by atoms with E-state index in [2.05, 4.69) is 39.9 Å². The van der Waals surface area contributed by atoms with Gasteiger partial charge in [-0.15, -0.1) is 0 Å². The zero-order valence-electron chi connectivity index (χ0n) is 12.1. The first-order chi connectivity index (χ1) is 9.62. The van der Waals surface area contributed by atoms with E-state index in [1.807, 2.05) is 6.07 Å². The standard InChI is InChI=1S/C16H23BrN2O/c1-2-7-19-8-5-16(6-9-19)11-14(18)13-4-3-12(17)10-15(13)20-16/h3-4,10,14H,2,5-9,11,18H2,1H3. The predicted octanol–water partition coefficient (Wildman–Crippen LogP) is 3.48. The third kappa shape index (κ3) is 2.74. The van der Waals surface area contributed by atoms with Crippen LogP contribution in [-0.4, -0.2) is 30.1 Å². The van der Waals surface area contributed by atoms with E-state index in [9.17, 15) is 0 Å². The molecule has 1 fully saturated rings. The van der Waals surface area contributed by atoms with Gasteiger partial charge in [-0.1, -0.05) is 28.9 Å². The van der Waals surface area contributed by atoms with Crippen LogP contribution in [0.4, 0.5) is 0 Å². The van der Waals surface area contributed by atoms with Gasteiger partial charge >= 0.3 is 0 Å². The molecule has 0 bridgehead atoms. The van der Waals surface area contributed by atoms with Crippen molar-refractivity contribution in [3.05, 3.63) is 28.2 Å². The Morgan fingerprint density at radius 2 is 2.15 bits per heavy atom. The number of hydrogen-bond acceptors (Lipinski definition) is 3. The Labute approximate surface area is 129 Å². The van der Waals surface area contributed by atoms with Crippen molar-refractivity contribution >= 4 is 15.9 Å². The van der Waals surface area contributed by atoms with Gasteiger partial charge in [0.2, 0.25) is 0 Å². The number of nitrogens with two attached hydrogens (primary N) is 1. The maximum atomic E-state index is 6.40. The molecule has 3 nitrogen and oxygen atoms in total. The Hall–Kier alpha value is -0.580. The molecule has 3 rings (SSSR count). The van der Waals surface area contributed by atoms with Crippen molar-refractivity contribution in [1.29, 1.82) is 0 Å². The molecule has 0 radical (unpaired) electrons. The molecule has 0 aromatic heterocycles. The Kier molecular flexibility index (Phi) is 4.07. The van der Waals surface area contributed by atoms with Crippen molar-refractivity contribution < 1.29 is 4.74 Å². The first-order valence-electron chi connectivity index (χ1n) is 7.58. The number of hydrogen-bond donors (Lipinski definition) is 1. The van der Waals surface area contributed by atoms with Crippen LogP contribution in [0.25, 0.3) is 0 Å². The van der Waals surface area contributed by atoms with Crippen LogP contribution in [0, 0.1) is 0 Å². The molecular formula is C16H23BrN2O.